The van der Waals surface area contributed by atoms with E-state index >= 15 is 0 Å². The maximum absolute atomic E-state index is 11.1. The third-order valence-corrected chi connectivity index (χ3v) is 3.53. The summed E-state index contributed by atoms with van der Waals surface area (Å²) in [6.45, 7) is 6.94. The molecule has 0 atom stereocenters. The van der Waals surface area contributed by atoms with Crippen molar-refractivity contribution in [2.45, 2.75) is 13.0 Å². The van der Waals surface area contributed by atoms with Gasteiger partial charge in [-0.15, -0.1) is 0 Å². The molecular formula is C13H22N4O2. The van der Waals surface area contributed by atoms with E-state index in [0.29, 0.717) is 6.42 Å². The van der Waals surface area contributed by atoms with Crippen LogP contribution in [0, 0.1) is 0 Å². The van der Waals surface area contributed by atoms with Crippen molar-refractivity contribution in [1.29, 1.82) is 0 Å². The first-order valence-electron chi connectivity index (χ1n) is 6.77. The van der Waals surface area contributed by atoms with E-state index in [4.69, 9.17) is 0 Å². The molecule has 0 bridgehead atoms. The second-order valence-electron chi connectivity index (χ2n) is 4.78. The SMILES string of the molecule is COC(=O)CCN1CCN(CCn2cccn2)CC1. The monoisotopic (exact) mass is 266 g/mol. The average molecular weight is 266 g/mol. The van der Waals surface area contributed by atoms with E-state index in [9.17, 15) is 4.79 Å². The summed E-state index contributed by atoms with van der Waals surface area (Å²) in [7, 11) is 1.44. The van der Waals surface area contributed by atoms with Crippen LogP contribution in [0.3, 0.4) is 0 Å². The number of rotatable bonds is 6. The molecule has 2 heterocycles. The smallest absolute Gasteiger partial charge is 0.306 e. The quantitative estimate of drug-likeness (QED) is 0.682. The Balaban J connectivity index is 1.61. The highest BCUT2D eigenvalue weighted by atomic mass is 16.5. The highest BCUT2D eigenvalue weighted by Crippen LogP contribution is 2.03. The Hall–Kier alpha value is -1.40. The highest BCUT2D eigenvalue weighted by Gasteiger charge is 2.17. The molecule has 106 valence electrons. The molecule has 0 unspecified atom stereocenters. The van der Waals surface area contributed by atoms with Gasteiger partial charge in [0.15, 0.2) is 0 Å². The van der Waals surface area contributed by atoms with Gasteiger partial charge in [-0.25, -0.2) is 0 Å². The van der Waals surface area contributed by atoms with Crippen molar-refractivity contribution in [3.63, 3.8) is 0 Å². The lowest BCUT2D eigenvalue weighted by molar-refractivity contribution is -0.141. The third kappa shape index (κ3) is 4.65. The normalized spacial score (nSPS) is 17.5. The molecule has 0 aromatic carbocycles. The standard InChI is InChI=1S/C13H22N4O2/c1-19-13(18)3-6-15-7-9-16(10-8-15)11-12-17-5-2-4-14-17/h2,4-5H,3,6-12H2,1H3. The molecule has 19 heavy (non-hydrogen) atoms. The minimum atomic E-state index is -0.124. The Morgan fingerprint density at radius 1 is 1.16 bits per heavy atom. The number of hydrogen-bond acceptors (Lipinski definition) is 5. The molecule has 1 saturated heterocycles. The summed E-state index contributed by atoms with van der Waals surface area (Å²) in [5, 5.41) is 4.20. The highest BCUT2D eigenvalue weighted by molar-refractivity contribution is 5.69. The second kappa shape index (κ2) is 7.25. The first kappa shape index (κ1) is 14.0. The summed E-state index contributed by atoms with van der Waals surface area (Å²) in [5.41, 5.74) is 0. The molecule has 1 aromatic heterocycles. The van der Waals surface area contributed by atoms with Crippen LogP contribution >= 0.6 is 0 Å². The number of ether oxygens (including phenoxy) is 1. The van der Waals surface area contributed by atoms with E-state index in [1.54, 1.807) is 0 Å². The van der Waals surface area contributed by atoms with E-state index in [1.807, 2.05) is 23.1 Å². The van der Waals surface area contributed by atoms with E-state index in [-0.39, 0.29) is 5.97 Å². The van der Waals surface area contributed by atoms with Gasteiger partial charge < -0.3 is 9.64 Å². The molecule has 1 aliphatic heterocycles. The maximum Gasteiger partial charge on any atom is 0.306 e. The molecule has 1 aliphatic rings. The topological polar surface area (TPSA) is 50.6 Å². The molecule has 0 spiro atoms. The van der Waals surface area contributed by atoms with E-state index in [2.05, 4.69) is 19.6 Å². The van der Waals surface area contributed by atoms with E-state index < -0.39 is 0 Å². The zero-order valence-corrected chi connectivity index (χ0v) is 11.5. The Labute approximate surface area is 113 Å². The first-order valence-corrected chi connectivity index (χ1v) is 6.77. The predicted molar refractivity (Wildman–Crippen MR) is 71.7 cm³/mol. The van der Waals surface area contributed by atoms with Crippen LogP contribution < -0.4 is 0 Å². The molecule has 0 saturated carbocycles. The molecule has 0 radical (unpaired) electrons. The van der Waals surface area contributed by atoms with Crippen LogP contribution in [0.25, 0.3) is 0 Å². The molecule has 1 fully saturated rings. The van der Waals surface area contributed by atoms with E-state index in [0.717, 1.165) is 45.8 Å². The van der Waals surface area contributed by atoms with Crippen molar-refractivity contribution < 1.29 is 9.53 Å². The summed E-state index contributed by atoms with van der Waals surface area (Å²) in [4.78, 5) is 15.8. The number of piperazine rings is 1. The molecule has 0 aliphatic carbocycles. The molecule has 6 heteroatoms. The minimum Gasteiger partial charge on any atom is -0.469 e. The number of carbonyl (C=O) groups excluding carboxylic acids is 1. The fourth-order valence-electron chi connectivity index (χ4n) is 2.26. The summed E-state index contributed by atoms with van der Waals surface area (Å²) in [6, 6.07) is 1.95. The van der Waals surface area contributed by atoms with Crippen molar-refractivity contribution >= 4 is 5.97 Å². The first-order chi connectivity index (χ1) is 9.28. The van der Waals surface area contributed by atoms with Crippen LogP contribution in [0.5, 0.6) is 0 Å². The fourth-order valence-corrected chi connectivity index (χ4v) is 2.26. The van der Waals surface area contributed by atoms with Crippen molar-refractivity contribution in [3.05, 3.63) is 18.5 Å². The zero-order chi connectivity index (χ0) is 13.5. The number of aromatic nitrogens is 2. The van der Waals surface area contributed by atoms with Crippen molar-refractivity contribution in [1.82, 2.24) is 19.6 Å². The van der Waals surface area contributed by atoms with Crippen molar-refractivity contribution in [2.75, 3.05) is 46.4 Å². The molecule has 0 amide bonds. The molecule has 2 rings (SSSR count). The van der Waals surface area contributed by atoms with Crippen molar-refractivity contribution in [2.24, 2.45) is 0 Å². The average Bonchev–Trinajstić information content (AvgIpc) is 2.97. The van der Waals surface area contributed by atoms with Crippen LogP contribution in [-0.2, 0) is 16.1 Å². The molecule has 6 nitrogen and oxygen atoms in total. The van der Waals surface area contributed by atoms with Gasteiger partial charge in [0.05, 0.1) is 20.1 Å². The number of hydrogen-bond donors (Lipinski definition) is 0. The van der Waals surface area contributed by atoms with Gasteiger partial charge in [0.25, 0.3) is 0 Å². The van der Waals surface area contributed by atoms with Gasteiger partial charge >= 0.3 is 5.97 Å². The van der Waals surface area contributed by atoms with Gasteiger partial charge in [-0.3, -0.25) is 14.4 Å². The Morgan fingerprint density at radius 3 is 2.42 bits per heavy atom. The van der Waals surface area contributed by atoms with Crippen LogP contribution in [0.1, 0.15) is 6.42 Å². The molecule has 1 aromatic rings. The van der Waals surface area contributed by atoms with E-state index in [1.165, 1.54) is 7.11 Å². The van der Waals surface area contributed by atoms with Gasteiger partial charge in [0.1, 0.15) is 0 Å². The van der Waals surface area contributed by atoms with Gasteiger partial charge in [-0.05, 0) is 6.07 Å². The van der Waals surface area contributed by atoms with Gasteiger partial charge in [0, 0.05) is 51.7 Å². The lowest BCUT2D eigenvalue weighted by atomic mass is 10.3. The maximum atomic E-state index is 11.1. The van der Waals surface area contributed by atoms with Crippen LogP contribution in [0.15, 0.2) is 18.5 Å². The third-order valence-electron chi connectivity index (χ3n) is 3.53. The van der Waals surface area contributed by atoms with Gasteiger partial charge in [-0.2, -0.15) is 5.10 Å². The number of carbonyl (C=O) groups is 1. The Kier molecular flexibility index (Phi) is 5.35. The molecular weight excluding hydrogens is 244 g/mol. The second-order valence-corrected chi connectivity index (χ2v) is 4.78. The summed E-state index contributed by atoms with van der Waals surface area (Å²) in [5.74, 6) is -0.124. The summed E-state index contributed by atoms with van der Waals surface area (Å²) in [6.07, 6.45) is 4.29. The Bertz CT molecular complexity index is 372. The minimum absolute atomic E-state index is 0.124. The van der Waals surface area contributed by atoms with Crippen LogP contribution in [-0.4, -0.2) is 71.9 Å². The van der Waals surface area contributed by atoms with Crippen LogP contribution in [0.2, 0.25) is 0 Å². The number of esters is 1. The van der Waals surface area contributed by atoms with Crippen molar-refractivity contribution in [3.8, 4) is 0 Å². The largest absolute Gasteiger partial charge is 0.469 e. The fraction of sp³-hybridized carbons (Fsp3) is 0.692. The number of nitrogens with zero attached hydrogens (tertiary/aromatic N) is 4. The summed E-state index contributed by atoms with van der Waals surface area (Å²) < 4.78 is 6.62. The van der Waals surface area contributed by atoms with Gasteiger partial charge in [0.2, 0.25) is 0 Å². The van der Waals surface area contributed by atoms with Gasteiger partial charge in [-0.1, -0.05) is 0 Å². The lowest BCUT2D eigenvalue weighted by Crippen LogP contribution is -2.47. The van der Waals surface area contributed by atoms with Crippen LogP contribution in [0.4, 0.5) is 0 Å². The Morgan fingerprint density at radius 2 is 1.84 bits per heavy atom. The predicted octanol–water partition coefficient (Wildman–Crippen LogP) is 0.0638. The lowest BCUT2D eigenvalue weighted by Gasteiger charge is -2.34. The number of methoxy groups -OCH3 is 1. The molecule has 0 N–H and O–H groups in total. The zero-order valence-electron chi connectivity index (χ0n) is 11.5. The summed E-state index contributed by atoms with van der Waals surface area (Å²) >= 11 is 0.